The van der Waals surface area contributed by atoms with Crippen molar-refractivity contribution >= 4 is 29.3 Å². The lowest BCUT2D eigenvalue weighted by atomic mass is 10.0. The molecular formula is C22H33ClN2O2S. The number of hydrogen-bond acceptors (Lipinski definition) is 4. The fraction of sp³-hybridized carbons (Fsp3) is 0.682. The van der Waals surface area contributed by atoms with Crippen LogP contribution in [0.2, 0.25) is 5.02 Å². The number of halogens is 1. The molecule has 2 aliphatic rings. The number of nitrogens with zero attached hydrogens (tertiary/aromatic N) is 2. The van der Waals surface area contributed by atoms with Crippen LogP contribution in [0.5, 0.6) is 5.75 Å². The molecule has 2 heterocycles. The SMILES string of the molecule is CSCC[C@@H](C)N1CCC(Oc2cc(Cl)ccc2C(=O)N2CCCCC2)CC1. The van der Waals surface area contributed by atoms with E-state index < -0.39 is 0 Å². The van der Waals surface area contributed by atoms with Gasteiger partial charge in [0, 0.05) is 37.2 Å². The van der Waals surface area contributed by atoms with Gasteiger partial charge in [-0.1, -0.05) is 11.6 Å². The van der Waals surface area contributed by atoms with Crippen LogP contribution in [0.15, 0.2) is 18.2 Å². The van der Waals surface area contributed by atoms with Crippen molar-refractivity contribution in [2.45, 2.75) is 57.6 Å². The molecule has 0 aromatic heterocycles. The Morgan fingerprint density at radius 2 is 1.93 bits per heavy atom. The van der Waals surface area contributed by atoms with Crippen molar-refractivity contribution in [3.8, 4) is 5.75 Å². The largest absolute Gasteiger partial charge is 0.489 e. The maximum Gasteiger partial charge on any atom is 0.257 e. The maximum atomic E-state index is 13.0. The van der Waals surface area contributed by atoms with E-state index in [1.165, 1.54) is 18.6 Å². The summed E-state index contributed by atoms with van der Waals surface area (Å²) in [6, 6.07) is 6.05. The van der Waals surface area contributed by atoms with Crippen molar-refractivity contribution < 1.29 is 9.53 Å². The number of carbonyl (C=O) groups excluding carboxylic acids is 1. The van der Waals surface area contributed by atoms with Crippen LogP contribution in [0, 0.1) is 0 Å². The first-order valence-corrected chi connectivity index (χ1v) is 12.3. The van der Waals surface area contributed by atoms with E-state index >= 15 is 0 Å². The van der Waals surface area contributed by atoms with Gasteiger partial charge >= 0.3 is 0 Å². The van der Waals surface area contributed by atoms with Gasteiger partial charge in [0.15, 0.2) is 0 Å². The second-order valence-electron chi connectivity index (χ2n) is 7.98. The van der Waals surface area contributed by atoms with Gasteiger partial charge in [-0.25, -0.2) is 0 Å². The van der Waals surface area contributed by atoms with Gasteiger partial charge < -0.3 is 14.5 Å². The van der Waals surface area contributed by atoms with E-state index in [2.05, 4.69) is 18.1 Å². The molecule has 2 aliphatic heterocycles. The van der Waals surface area contributed by atoms with E-state index in [1.807, 2.05) is 28.8 Å². The lowest BCUT2D eigenvalue weighted by Gasteiger charge is -2.36. The Morgan fingerprint density at radius 1 is 1.21 bits per heavy atom. The molecule has 4 nitrogen and oxygen atoms in total. The molecule has 1 aromatic rings. The Hall–Kier alpha value is -0.910. The minimum absolute atomic E-state index is 0.0782. The van der Waals surface area contributed by atoms with Crippen LogP contribution in [0.25, 0.3) is 0 Å². The van der Waals surface area contributed by atoms with E-state index in [4.69, 9.17) is 16.3 Å². The van der Waals surface area contributed by atoms with Crippen LogP contribution >= 0.6 is 23.4 Å². The van der Waals surface area contributed by atoms with Crippen molar-refractivity contribution in [3.63, 3.8) is 0 Å². The van der Waals surface area contributed by atoms with Crippen LogP contribution in [0.4, 0.5) is 0 Å². The lowest BCUT2D eigenvalue weighted by molar-refractivity contribution is 0.0681. The molecule has 1 atom stereocenters. The standard InChI is InChI=1S/C22H33ClN2O2S/c1-17(10-15-28-2)24-13-8-19(9-14-24)27-21-16-18(23)6-7-20(21)22(26)25-11-4-3-5-12-25/h6-7,16-17,19H,3-5,8-15H2,1-2H3/t17-/m1/s1. The highest BCUT2D eigenvalue weighted by Gasteiger charge is 2.26. The second-order valence-corrected chi connectivity index (χ2v) is 9.40. The van der Waals surface area contributed by atoms with Crippen LogP contribution < -0.4 is 4.74 Å². The number of likely N-dealkylation sites (tertiary alicyclic amines) is 2. The van der Waals surface area contributed by atoms with Crippen molar-refractivity contribution in [2.24, 2.45) is 0 Å². The monoisotopic (exact) mass is 424 g/mol. The van der Waals surface area contributed by atoms with Crippen molar-refractivity contribution in [2.75, 3.05) is 38.2 Å². The van der Waals surface area contributed by atoms with Gasteiger partial charge in [0.1, 0.15) is 11.9 Å². The average molecular weight is 425 g/mol. The number of rotatable bonds is 7. The van der Waals surface area contributed by atoms with Crippen molar-refractivity contribution in [1.29, 1.82) is 0 Å². The third-order valence-electron chi connectivity index (χ3n) is 5.95. The molecule has 0 N–H and O–H groups in total. The Morgan fingerprint density at radius 3 is 2.61 bits per heavy atom. The highest BCUT2D eigenvalue weighted by molar-refractivity contribution is 7.98. The fourth-order valence-electron chi connectivity index (χ4n) is 4.12. The van der Waals surface area contributed by atoms with E-state index in [1.54, 1.807) is 6.07 Å². The van der Waals surface area contributed by atoms with Gasteiger partial charge in [0.05, 0.1) is 5.56 Å². The molecule has 156 valence electrons. The first-order valence-electron chi connectivity index (χ1n) is 10.6. The van der Waals surface area contributed by atoms with E-state index in [-0.39, 0.29) is 12.0 Å². The molecule has 2 fully saturated rings. The molecule has 0 saturated carbocycles. The highest BCUT2D eigenvalue weighted by Crippen LogP contribution is 2.29. The molecule has 0 spiro atoms. The zero-order chi connectivity index (χ0) is 19.9. The van der Waals surface area contributed by atoms with Gasteiger partial charge in [0.2, 0.25) is 0 Å². The quantitative estimate of drug-likeness (QED) is 0.619. The maximum absolute atomic E-state index is 13.0. The van der Waals surface area contributed by atoms with Crippen molar-refractivity contribution in [1.82, 2.24) is 9.80 Å². The number of amides is 1. The summed E-state index contributed by atoms with van der Waals surface area (Å²) in [5, 5.41) is 0.619. The molecule has 1 amide bonds. The highest BCUT2D eigenvalue weighted by atomic mass is 35.5. The number of piperidine rings is 2. The number of carbonyl (C=O) groups is 1. The van der Waals surface area contributed by atoms with Crippen LogP contribution in [-0.4, -0.2) is 66.0 Å². The van der Waals surface area contributed by atoms with Crippen LogP contribution in [-0.2, 0) is 0 Å². The molecule has 28 heavy (non-hydrogen) atoms. The molecule has 0 aliphatic carbocycles. The minimum atomic E-state index is 0.0782. The Labute approximate surface area is 178 Å². The fourth-order valence-corrected chi connectivity index (χ4v) is 4.86. The van der Waals surface area contributed by atoms with Gasteiger partial charge in [-0.15, -0.1) is 0 Å². The van der Waals surface area contributed by atoms with Gasteiger partial charge in [0.25, 0.3) is 5.91 Å². The number of ether oxygens (including phenoxy) is 1. The molecule has 0 radical (unpaired) electrons. The second kappa shape index (κ2) is 10.7. The van der Waals surface area contributed by atoms with E-state index in [9.17, 15) is 4.79 Å². The summed E-state index contributed by atoms with van der Waals surface area (Å²) in [4.78, 5) is 17.5. The first-order chi connectivity index (χ1) is 13.6. The molecule has 1 aromatic carbocycles. The van der Waals surface area contributed by atoms with Crippen molar-refractivity contribution in [3.05, 3.63) is 28.8 Å². The van der Waals surface area contributed by atoms with Gasteiger partial charge in [-0.2, -0.15) is 11.8 Å². The Bertz CT molecular complexity index is 643. The number of benzene rings is 1. The topological polar surface area (TPSA) is 32.8 Å². The number of thioether (sulfide) groups is 1. The Kier molecular flexibility index (Phi) is 8.36. The molecule has 6 heteroatoms. The first kappa shape index (κ1) is 21.8. The summed E-state index contributed by atoms with van der Waals surface area (Å²) in [7, 11) is 0. The smallest absolute Gasteiger partial charge is 0.257 e. The minimum Gasteiger partial charge on any atom is -0.489 e. The van der Waals surface area contributed by atoms with E-state index in [0.717, 1.165) is 51.9 Å². The lowest BCUT2D eigenvalue weighted by Crippen LogP contribution is -2.43. The summed E-state index contributed by atoms with van der Waals surface area (Å²) >= 11 is 8.14. The summed E-state index contributed by atoms with van der Waals surface area (Å²) < 4.78 is 6.33. The van der Waals surface area contributed by atoms with Crippen LogP contribution in [0.1, 0.15) is 55.8 Å². The molecule has 0 unspecified atom stereocenters. The predicted molar refractivity (Wildman–Crippen MR) is 119 cm³/mol. The predicted octanol–water partition coefficient (Wildman–Crippen LogP) is 4.95. The van der Waals surface area contributed by atoms with Gasteiger partial charge in [-0.05, 0) is 75.7 Å². The summed E-state index contributed by atoms with van der Waals surface area (Å²) in [5.41, 5.74) is 0.655. The summed E-state index contributed by atoms with van der Waals surface area (Å²) in [6.07, 6.45) is 8.92. The third-order valence-corrected chi connectivity index (χ3v) is 6.83. The Balaban J connectivity index is 1.61. The molecule has 3 rings (SSSR count). The summed E-state index contributed by atoms with van der Waals surface area (Å²) in [5.74, 6) is 1.94. The number of hydrogen-bond donors (Lipinski definition) is 0. The zero-order valence-electron chi connectivity index (χ0n) is 17.2. The average Bonchev–Trinajstić information content (AvgIpc) is 2.73. The molecule has 2 saturated heterocycles. The summed E-state index contributed by atoms with van der Waals surface area (Å²) in [6.45, 7) is 6.11. The van der Waals surface area contributed by atoms with Gasteiger partial charge in [-0.3, -0.25) is 4.79 Å². The van der Waals surface area contributed by atoms with E-state index in [0.29, 0.717) is 22.4 Å². The molecular weight excluding hydrogens is 392 g/mol. The van der Waals surface area contributed by atoms with Crippen LogP contribution in [0.3, 0.4) is 0 Å². The normalized spacial score (nSPS) is 20.2. The third kappa shape index (κ3) is 5.80. The molecule has 0 bridgehead atoms. The zero-order valence-corrected chi connectivity index (χ0v) is 18.7.